The molecular weight excluding hydrogens is 548 g/mol. The van der Waals surface area contributed by atoms with Crippen LogP contribution in [0, 0.1) is 45.3 Å². The molecule has 2 unspecified atom stereocenters. The summed E-state index contributed by atoms with van der Waals surface area (Å²) in [6, 6.07) is 0. The number of carboxylic acids is 1. The topological polar surface area (TPSA) is 137 Å². The molecule has 5 N–H and O–H groups in total. The van der Waals surface area contributed by atoms with Crippen LogP contribution in [0.25, 0.3) is 0 Å². The van der Waals surface area contributed by atoms with E-state index < -0.39 is 42.1 Å². The van der Waals surface area contributed by atoms with Crippen LogP contribution in [0.5, 0.6) is 0 Å². The summed E-state index contributed by atoms with van der Waals surface area (Å²) in [7, 11) is 0. The first-order valence-corrected chi connectivity index (χ1v) is 16.6. The molecule has 0 amide bonds. The van der Waals surface area contributed by atoms with Crippen molar-refractivity contribution in [3.8, 4) is 0 Å². The molecule has 0 aromatic rings. The third-order valence-electron chi connectivity index (χ3n) is 13.7. The van der Waals surface area contributed by atoms with E-state index >= 15 is 0 Å². The Morgan fingerprint density at radius 2 is 1.65 bits per heavy atom. The van der Waals surface area contributed by atoms with Crippen molar-refractivity contribution < 1.29 is 39.8 Å². The van der Waals surface area contributed by atoms with Crippen molar-refractivity contribution in [2.45, 2.75) is 136 Å². The predicted octanol–water partition coefficient (Wildman–Crippen LogP) is 4.83. The lowest BCUT2D eigenvalue weighted by molar-refractivity contribution is -0.285. The fraction of sp³-hybridized carbons (Fsp3) is 0.857. The molecule has 1 heterocycles. The lowest BCUT2D eigenvalue weighted by atomic mass is 9.35. The highest BCUT2D eigenvalue weighted by molar-refractivity contribution is 5.76. The largest absolute Gasteiger partial charge is 0.481 e. The number of carboxylic acid groups (broad SMARTS) is 1. The Morgan fingerprint density at radius 1 is 0.953 bits per heavy atom. The smallest absolute Gasteiger partial charge is 0.312 e. The van der Waals surface area contributed by atoms with E-state index in [4.69, 9.17) is 9.47 Å². The standard InChI is InChI=1S/C35H56O8/c1-19(2)9-8-10-20(3)27-21-11-12-24-32(4)15-14-26(37)35(7,31(40)41)25(32)13-16-33(24,5)34(21,6)17-23(27)43-30-29(39)28(38)22(36)18-42-30/h9,21-30,36-39H,3,8,10-18H2,1-2,4-7H3,(H,40,41)/t21-,22+,23?,24-,25-,26?,27-,28+,29-,30+,32-,33-,34-,35+/m1/s1. The van der Waals surface area contributed by atoms with E-state index in [1.165, 1.54) is 5.57 Å². The van der Waals surface area contributed by atoms with Crippen molar-refractivity contribution >= 4 is 5.97 Å². The first-order chi connectivity index (χ1) is 20.0. The fourth-order valence-corrected chi connectivity index (χ4v) is 11.2. The third-order valence-corrected chi connectivity index (χ3v) is 13.7. The highest BCUT2D eigenvalue weighted by Gasteiger charge is 2.71. The van der Waals surface area contributed by atoms with Gasteiger partial charge in [0.25, 0.3) is 0 Å². The Morgan fingerprint density at radius 3 is 2.30 bits per heavy atom. The summed E-state index contributed by atoms with van der Waals surface area (Å²) in [5.74, 6) is -0.329. The Bertz CT molecular complexity index is 1120. The van der Waals surface area contributed by atoms with Crippen LogP contribution in [0.4, 0.5) is 0 Å². The quantitative estimate of drug-likeness (QED) is 0.261. The maximum atomic E-state index is 12.7. The van der Waals surface area contributed by atoms with Crippen molar-refractivity contribution in [3.63, 3.8) is 0 Å². The summed E-state index contributed by atoms with van der Waals surface area (Å²) < 4.78 is 12.3. The van der Waals surface area contributed by atoms with Crippen LogP contribution < -0.4 is 0 Å². The van der Waals surface area contributed by atoms with Crippen molar-refractivity contribution in [1.29, 1.82) is 0 Å². The van der Waals surface area contributed by atoms with E-state index in [1.807, 2.05) is 0 Å². The molecule has 5 rings (SSSR count). The molecule has 4 aliphatic carbocycles. The minimum absolute atomic E-state index is 0.0520. The number of allylic oxidation sites excluding steroid dienone is 2. The van der Waals surface area contributed by atoms with Gasteiger partial charge in [0, 0.05) is 5.92 Å². The highest BCUT2D eigenvalue weighted by Crippen LogP contribution is 2.76. The predicted molar refractivity (Wildman–Crippen MR) is 163 cm³/mol. The van der Waals surface area contributed by atoms with Crippen LogP contribution in [0.3, 0.4) is 0 Å². The summed E-state index contributed by atoms with van der Waals surface area (Å²) in [6.45, 7) is 17.6. The summed E-state index contributed by atoms with van der Waals surface area (Å²) in [4.78, 5) is 12.7. The van der Waals surface area contributed by atoms with Gasteiger partial charge in [-0.2, -0.15) is 0 Å². The first kappa shape index (κ1) is 33.1. The number of aliphatic hydroxyl groups is 4. The van der Waals surface area contributed by atoms with Gasteiger partial charge in [0.05, 0.1) is 24.2 Å². The number of hydrogen-bond donors (Lipinski definition) is 5. The number of hydrogen-bond acceptors (Lipinski definition) is 7. The van der Waals surface area contributed by atoms with Crippen LogP contribution in [-0.4, -0.2) is 74.9 Å². The zero-order chi connectivity index (χ0) is 31.7. The van der Waals surface area contributed by atoms with E-state index in [-0.39, 0.29) is 40.8 Å². The van der Waals surface area contributed by atoms with E-state index in [9.17, 15) is 30.3 Å². The normalized spacial score (nSPS) is 51.1. The summed E-state index contributed by atoms with van der Waals surface area (Å²) in [5.41, 5.74) is 0.836. The first-order valence-electron chi connectivity index (χ1n) is 16.6. The Hall–Kier alpha value is -1.29. The van der Waals surface area contributed by atoms with E-state index in [1.54, 1.807) is 6.92 Å². The zero-order valence-electron chi connectivity index (χ0n) is 27.1. The van der Waals surface area contributed by atoms with Crippen LogP contribution in [-0.2, 0) is 14.3 Å². The van der Waals surface area contributed by atoms with Gasteiger partial charge in [0.2, 0.25) is 0 Å². The highest BCUT2D eigenvalue weighted by atomic mass is 16.7. The van der Waals surface area contributed by atoms with E-state index in [0.29, 0.717) is 18.3 Å². The van der Waals surface area contributed by atoms with Crippen molar-refractivity contribution in [1.82, 2.24) is 0 Å². The second-order valence-corrected chi connectivity index (χ2v) is 15.9. The van der Waals surface area contributed by atoms with Crippen LogP contribution in [0.2, 0.25) is 0 Å². The van der Waals surface area contributed by atoms with Gasteiger partial charge < -0.3 is 35.0 Å². The molecule has 0 radical (unpaired) electrons. The molecule has 5 fully saturated rings. The molecule has 1 saturated heterocycles. The van der Waals surface area contributed by atoms with Crippen molar-refractivity contribution in [2.75, 3.05) is 6.61 Å². The van der Waals surface area contributed by atoms with Gasteiger partial charge in [-0.05, 0) is 113 Å². The molecule has 8 nitrogen and oxygen atoms in total. The maximum Gasteiger partial charge on any atom is 0.312 e. The van der Waals surface area contributed by atoms with Crippen LogP contribution in [0.15, 0.2) is 23.8 Å². The van der Waals surface area contributed by atoms with Gasteiger partial charge >= 0.3 is 5.97 Å². The molecule has 14 atom stereocenters. The molecule has 244 valence electrons. The van der Waals surface area contributed by atoms with Crippen molar-refractivity contribution in [3.05, 3.63) is 23.8 Å². The van der Waals surface area contributed by atoms with Crippen LogP contribution >= 0.6 is 0 Å². The molecule has 0 aromatic heterocycles. The van der Waals surface area contributed by atoms with Gasteiger partial charge in [-0.25, -0.2) is 0 Å². The summed E-state index contributed by atoms with van der Waals surface area (Å²) in [6.07, 6.45) is 3.69. The average molecular weight is 605 g/mol. The minimum Gasteiger partial charge on any atom is -0.481 e. The van der Waals surface area contributed by atoms with Crippen molar-refractivity contribution in [2.24, 2.45) is 45.3 Å². The molecule has 0 aromatic carbocycles. The lowest BCUT2D eigenvalue weighted by Crippen LogP contribution is -2.65. The minimum atomic E-state index is -1.35. The van der Waals surface area contributed by atoms with E-state index in [2.05, 4.69) is 47.3 Å². The lowest BCUT2D eigenvalue weighted by Gasteiger charge is -2.69. The van der Waals surface area contributed by atoms with Gasteiger partial charge in [-0.3, -0.25) is 4.79 Å². The van der Waals surface area contributed by atoms with Gasteiger partial charge in [-0.1, -0.05) is 44.6 Å². The Labute approximate surface area is 257 Å². The van der Waals surface area contributed by atoms with Gasteiger partial charge in [0.1, 0.15) is 18.3 Å². The number of carbonyl (C=O) groups is 1. The molecule has 0 bridgehead atoms. The fourth-order valence-electron chi connectivity index (χ4n) is 11.2. The molecule has 43 heavy (non-hydrogen) atoms. The summed E-state index contributed by atoms with van der Waals surface area (Å²) in [5, 5.41) is 52.5. The third kappa shape index (κ3) is 4.98. The summed E-state index contributed by atoms with van der Waals surface area (Å²) >= 11 is 0. The molecule has 0 spiro atoms. The average Bonchev–Trinajstić information content (AvgIpc) is 3.23. The van der Waals surface area contributed by atoms with E-state index in [0.717, 1.165) is 56.9 Å². The molecule has 8 heteroatoms. The van der Waals surface area contributed by atoms with Crippen LogP contribution in [0.1, 0.15) is 99.3 Å². The van der Waals surface area contributed by atoms with Gasteiger partial charge in [0.15, 0.2) is 6.29 Å². The monoisotopic (exact) mass is 604 g/mol. The molecule has 4 saturated carbocycles. The van der Waals surface area contributed by atoms with Gasteiger partial charge in [-0.15, -0.1) is 0 Å². The zero-order valence-corrected chi connectivity index (χ0v) is 27.1. The second-order valence-electron chi connectivity index (χ2n) is 15.9. The molecule has 5 aliphatic rings. The Balaban J connectivity index is 1.49. The molecular formula is C35H56O8. The SMILES string of the molecule is C=C(CCC=C(C)C)[C@H]1C(O[C@@H]2OC[C@H](O)[C@H](O)[C@H]2O)C[C@]2(C)[C@@H]1CC[C@@H]1[C@@]3(C)CCC(O)[C@@](C)(C(=O)O)[C@@H]3CC[C@]12C. The maximum absolute atomic E-state index is 12.7. The number of fused-ring (bicyclic) bond motifs is 5. The Kier molecular flexibility index (Phi) is 8.85. The second kappa shape index (κ2) is 11.5. The molecule has 1 aliphatic heterocycles. The number of ether oxygens (including phenoxy) is 2. The number of aliphatic hydroxyl groups excluding tert-OH is 4. The number of aliphatic carboxylic acids is 1. The number of rotatable bonds is 7.